The predicted molar refractivity (Wildman–Crippen MR) is 127 cm³/mol. The molecule has 0 spiro atoms. The lowest BCUT2D eigenvalue weighted by atomic mass is 10.1. The Hall–Kier alpha value is -3.91. The van der Waals surface area contributed by atoms with E-state index >= 15 is 0 Å². The van der Waals surface area contributed by atoms with Crippen LogP contribution in [0.4, 0.5) is 5.69 Å². The highest BCUT2D eigenvalue weighted by Gasteiger charge is 2.19. The van der Waals surface area contributed by atoms with Crippen LogP contribution in [0.25, 0.3) is 22.4 Å². The van der Waals surface area contributed by atoms with Crippen LogP contribution in [0.1, 0.15) is 28.4 Å². The van der Waals surface area contributed by atoms with Gasteiger partial charge < -0.3 is 25.1 Å². The van der Waals surface area contributed by atoms with E-state index in [0.717, 1.165) is 11.1 Å². The second-order valence-electron chi connectivity index (χ2n) is 7.80. The molecule has 0 saturated heterocycles. The van der Waals surface area contributed by atoms with Gasteiger partial charge in [0.05, 0.1) is 41.5 Å². The molecule has 0 bridgehead atoms. The maximum absolute atomic E-state index is 12.8. The molecule has 1 unspecified atom stereocenters. The smallest absolute Gasteiger partial charge is 0.338 e. The minimum atomic E-state index is -0.412. The van der Waals surface area contributed by atoms with Crippen molar-refractivity contribution in [3.63, 3.8) is 0 Å². The van der Waals surface area contributed by atoms with Crippen molar-refractivity contribution in [1.82, 2.24) is 15.0 Å². The summed E-state index contributed by atoms with van der Waals surface area (Å²) in [6.07, 6.45) is 2.14. The molecule has 2 heterocycles. The van der Waals surface area contributed by atoms with Crippen molar-refractivity contribution in [3.8, 4) is 11.4 Å². The first-order valence-electron chi connectivity index (χ1n) is 10.8. The minimum Gasteiger partial charge on any atom is -0.462 e. The molecule has 4 rings (SSSR count). The Kier molecular flexibility index (Phi) is 6.55. The maximum atomic E-state index is 12.8. The van der Waals surface area contributed by atoms with E-state index < -0.39 is 5.97 Å². The van der Waals surface area contributed by atoms with E-state index in [4.69, 9.17) is 4.74 Å². The fraction of sp³-hybridized carbons (Fsp3) is 0.240. The van der Waals surface area contributed by atoms with Crippen molar-refractivity contribution in [3.05, 3.63) is 81.8 Å². The second kappa shape index (κ2) is 9.70. The number of pyridine rings is 1. The highest BCUT2D eigenvalue weighted by Crippen LogP contribution is 2.27. The fourth-order valence-corrected chi connectivity index (χ4v) is 3.85. The molecule has 0 fully saturated rings. The third kappa shape index (κ3) is 4.80. The zero-order valence-electron chi connectivity index (χ0n) is 18.5. The van der Waals surface area contributed by atoms with E-state index in [-0.39, 0.29) is 24.8 Å². The summed E-state index contributed by atoms with van der Waals surface area (Å²) in [5, 5.41) is 13.2. The molecule has 4 N–H and O–H groups in total. The predicted octanol–water partition coefficient (Wildman–Crippen LogP) is 3.42. The van der Waals surface area contributed by atoms with E-state index in [9.17, 15) is 14.7 Å². The van der Waals surface area contributed by atoms with Crippen molar-refractivity contribution in [2.45, 2.75) is 26.3 Å². The van der Waals surface area contributed by atoms with Crippen molar-refractivity contribution in [2.24, 2.45) is 0 Å². The fourth-order valence-electron chi connectivity index (χ4n) is 3.85. The normalized spacial score (nSPS) is 12.0. The average molecular weight is 447 g/mol. The molecule has 2 aromatic heterocycles. The number of aromatic nitrogens is 3. The molecule has 0 aliphatic heterocycles. The largest absolute Gasteiger partial charge is 0.462 e. The van der Waals surface area contributed by atoms with Crippen molar-refractivity contribution in [1.29, 1.82) is 0 Å². The van der Waals surface area contributed by atoms with Gasteiger partial charge in [0, 0.05) is 6.20 Å². The number of hydrogen-bond acceptors (Lipinski definition) is 6. The van der Waals surface area contributed by atoms with Gasteiger partial charge in [-0.05, 0) is 49.6 Å². The van der Waals surface area contributed by atoms with Gasteiger partial charge in [-0.15, -0.1) is 0 Å². The van der Waals surface area contributed by atoms with Crippen LogP contribution >= 0.6 is 0 Å². The number of aliphatic hydroxyl groups excluding tert-OH is 1. The lowest BCUT2D eigenvalue weighted by Crippen LogP contribution is -2.28. The third-order valence-corrected chi connectivity index (χ3v) is 5.39. The Morgan fingerprint density at radius 1 is 1.21 bits per heavy atom. The summed E-state index contributed by atoms with van der Waals surface area (Å²) < 4.78 is 5.10. The number of benzene rings is 2. The van der Waals surface area contributed by atoms with Gasteiger partial charge in [-0.1, -0.05) is 30.3 Å². The van der Waals surface area contributed by atoms with Gasteiger partial charge in [0.15, 0.2) is 0 Å². The van der Waals surface area contributed by atoms with Crippen molar-refractivity contribution < 1.29 is 14.6 Å². The van der Waals surface area contributed by atoms with Gasteiger partial charge in [-0.25, -0.2) is 9.78 Å². The number of carbonyl (C=O) groups excluding carboxylic acids is 1. The number of rotatable bonds is 8. The quantitative estimate of drug-likeness (QED) is 0.308. The van der Waals surface area contributed by atoms with Crippen LogP contribution in [-0.2, 0) is 11.2 Å². The molecular weight excluding hydrogens is 420 g/mol. The van der Waals surface area contributed by atoms with Crippen molar-refractivity contribution >= 4 is 22.7 Å². The highest BCUT2D eigenvalue weighted by molar-refractivity contribution is 5.95. The van der Waals surface area contributed by atoms with Gasteiger partial charge >= 0.3 is 5.97 Å². The standard InChI is InChI=1S/C25H26N4O4/c1-3-33-25(32)17-11-15(2)22-20(13-17)28-23(29-22)21-19(9-10-26-24(21)31)27-18(14-30)12-16-7-5-4-6-8-16/h4-11,13,18,30H,3,12,14H2,1-2H3,(H,28,29)(H2,26,27,31). The number of aliphatic hydroxyl groups is 1. The number of hydrogen-bond donors (Lipinski definition) is 4. The van der Waals surface area contributed by atoms with E-state index in [1.165, 1.54) is 0 Å². The summed E-state index contributed by atoms with van der Waals surface area (Å²) in [6.45, 7) is 3.79. The van der Waals surface area contributed by atoms with Crippen LogP contribution in [-0.4, -0.2) is 45.3 Å². The number of imidazole rings is 1. The number of H-pyrrole nitrogens is 2. The summed E-state index contributed by atoms with van der Waals surface area (Å²) in [4.78, 5) is 35.5. The Balaban J connectivity index is 1.71. The zero-order valence-corrected chi connectivity index (χ0v) is 18.5. The Morgan fingerprint density at radius 3 is 2.73 bits per heavy atom. The first kappa shape index (κ1) is 22.3. The number of carbonyl (C=O) groups is 1. The topological polar surface area (TPSA) is 120 Å². The number of anilines is 1. The summed E-state index contributed by atoms with van der Waals surface area (Å²) in [7, 11) is 0. The molecule has 0 saturated carbocycles. The summed E-state index contributed by atoms with van der Waals surface area (Å²) >= 11 is 0. The maximum Gasteiger partial charge on any atom is 0.338 e. The van der Waals surface area contributed by atoms with Crippen LogP contribution < -0.4 is 10.9 Å². The van der Waals surface area contributed by atoms with Gasteiger partial charge in [-0.2, -0.15) is 0 Å². The number of aryl methyl sites for hydroxylation is 1. The third-order valence-electron chi connectivity index (χ3n) is 5.39. The molecule has 8 heteroatoms. The molecular formula is C25H26N4O4. The number of aromatic amines is 2. The van der Waals surface area contributed by atoms with Gasteiger partial charge in [0.25, 0.3) is 5.56 Å². The average Bonchev–Trinajstić information content (AvgIpc) is 3.24. The molecule has 0 aliphatic carbocycles. The number of fused-ring (bicyclic) bond motifs is 1. The van der Waals surface area contributed by atoms with E-state index in [2.05, 4.69) is 20.3 Å². The van der Waals surface area contributed by atoms with E-state index in [1.807, 2.05) is 37.3 Å². The minimum absolute atomic E-state index is 0.108. The van der Waals surface area contributed by atoms with Crippen LogP contribution in [0.3, 0.4) is 0 Å². The Bertz CT molecular complexity index is 1330. The van der Waals surface area contributed by atoms with Gasteiger partial charge in [-0.3, -0.25) is 4.79 Å². The number of nitrogens with one attached hydrogen (secondary N) is 3. The van der Waals surface area contributed by atoms with Crippen LogP contribution in [0, 0.1) is 6.92 Å². The first-order valence-corrected chi connectivity index (χ1v) is 10.8. The van der Waals surface area contributed by atoms with Gasteiger partial charge in [0.1, 0.15) is 11.4 Å². The van der Waals surface area contributed by atoms with Gasteiger partial charge in [0.2, 0.25) is 0 Å². The lowest BCUT2D eigenvalue weighted by molar-refractivity contribution is 0.0526. The molecule has 0 radical (unpaired) electrons. The van der Waals surface area contributed by atoms with Crippen LogP contribution in [0.5, 0.6) is 0 Å². The molecule has 0 aliphatic rings. The SMILES string of the molecule is CCOC(=O)c1cc(C)c2nc(-c3c(NC(CO)Cc4ccccc4)cc[nH]c3=O)[nH]c2c1. The monoisotopic (exact) mass is 446 g/mol. The summed E-state index contributed by atoms with van der Waals surface area (Å²) in [5.41, 5.74) is 4.13. The van der Waals surface area contributed by atoms with E-state index in [1.54, 1.807) is 31.3 Å². The van der Waals surface area contributed by atoms with Crippen LogP contribution in [0.2, 0.25) is 0 Å². The molecule has 0 amide bonds. The molecule has 4 aromatic rings. The number of nitrogens with zero attached hydrogens (tertiary/aromatic N) is 1. The zero-order chi connectivity index (χ0) is 23.4. The molecule has 33 heavy (non-hydrogen) atoms. The first-order chi connectivity index (χ1) is 16.0. The summed E-state index contributed by atoms with van der Waals surface area (Å²) in [6, 6.07) is 14.7. The Morgan fingerprint density at radius 2 is 2.00 bits per heavy atom. The lowest BCUT2D eigenvalue weighted by Gasteiger charge is -2.19. The Labute approximate surface area is 190 Å². The van der Waals surface area contributed by atoms with E-state index in [0.29, 0.717) is 40.1 Å². The van der Waals surface area contributed by atoms with Crippen LogP contribution in [0.15, 0.2) is 59.5 Å². The summed E-state index contributed by atoms with van der Waals surface area (Å²) in [5.74, 6) is -0.0416. The molecule has 1 atom stereocenters. The number of esters is 1. The molecule has 170 valence electrons. The molecule has 2 aromatic carbocycles. The highest BCUT2D eigenvalue weighted by atomic mass is 16.5. The number of ether oxygens (including phenoxy) is 1. The van der Waals surface area contributed by atoms with Crippen molar-refractivity contribution in [2.75, 3.05) is 18.5 Å². The molecule has 8 nitrogen and oxygen atoms in total. The second-order valence-corrected chi connectivity index (χ2v) is 7.80.